The van der Waals surface area contributed by atoms with E-state index in [1.54, 1.807) is 38.4 Å². The number of carbonyl (C=O) groups excluding carboxylic acids is 1. The van der Waals surface area contributed by atoms with Gasteiger partial charge in [-0.15, -0.1) is 0 Å². The molecule has 29 heavy (non-hydrogen) atoms. The molecular weight excluding hydrogens is 368 g/mol. The van der Waals surface area contributed by atoms with E-state index in [1.807, 2.05) is 18.2 Å². The van der Waals surface area contributed by atoms with Crippen LogP contribution in [0.2, 0.25) is 0 Å². The van der Waals surface area contributed by atoms with E-state index in [-0.39, 0.29) is 17.2 Å². The van der Waals surface area contributed by atoms with E-state index in [9.17, 15) is 9.59 Å². The zero-order valence-corrected chi connectivity index (χ0v) is 15.7. The molecule has 142 valence electrons. The molecule has 0 radical (unpaired) electrons. The highest BCUT2D eigenvalue weighted by atomic mass is 16.2. The summed E-state index contributed by atoms with van der Waals surface area (Å²) in [4.78, 5) is 28.7. The van der Waals surface area contributed by atoms with Gasteiger partial charge in [0.15, 0.2) is 0 Å². The van der Waals surface area contributed by atoms with Crippen molar-refractivity contribution in [3.8, 4) is 17.3 Å². The van der Waals surface area contributed by atoms with Gasteiger partial charge in [-0.1, -0.05) is 0 Å². The lowest BCUT2D eigenvalue weighted by molar-refractivity contribution is 0.102. The first-order chi connectivity index (χ1) is 14.0. The predicted molar refractivity (Wildman–Crippen MR) is 108 cm³/mol. The van der Waals surface area contributed by atoms with Crippen LogP contribution in [0.25, 0.3) is 22.2 Å². The Morgan fingerprint density at radius 3 is 2.79 bits per heavy atom. The largest absolute Gasteiger partial charge is 0.321 e. The molecule has 0 saturated carbocycles. The monoisotopic (exact) mass is 384 g/mol. The van der Waals surface area contributed by atoms with Gasteiger partial charge in [0.05, 0.1) is 11.1 Å². The number of nitrogens with zero attached hydrogens (tertiary/aromatic N) is 4. The summed E-state index contributed by atoms with van der Waals surface area (Å²) in [5, 5.41) is 19.8. The maximum Gasteiger partial charge on any atom is 0.274 e. The van der Waals surface area contributed by atoms with E-state index in [4.69, 9.17) is 5.26 Å². The van der Waals surface area contributed by atoms with Crippen molar-refractivity contribution in [1.29, 1.82) is 5.26 Å². The molecule has 3 aromatic heterocycles. The minimum atomic E-state index is -0.370. The van der Waals surface area contributed by atoms with Gasteiger partial charge in [-0.25, -0.2) is 4.98 Å². The van der Waals surface area contributed by atoms with Gasteiger partial charge in [-0.3, -0.25) is 14.7 Å². The fourth-order valence-corrected chi connectivity index (χ4v) is 3.07. The summed E-state index contributed by atoms with van der Waals surface area (Å²) < 4.78 is 1.48. The number of fused-ring (bicyclic) bond motifs is 1. The van der Waals surface area contributed by atoms with Gasteiger partial charge >= 0.3 is 0 Å². The number of nitriles is 1. The third kappa shape index (κ3) is 3.37. The maximum absolute atomic E-state index is 12.6. The first-order valence-electron chi connectivity index (χ1n) is 8.79. The van der Waals surface area contributed by atoms with Crippen molar-refractivity contribution in [1.82, 2.24) is 19.7 Å². The fourth-order valence-electron chi connectivity index (χ4n) is 3.07. The van der Waals surface area contributed by atoms with E-state index >= 15 is 0 Å². The average molecular weight is 384 g/mol. The van der Waals surface area contributed by atoms with Crippen molar-refractivity contribution in [2.75, 3.05) is 5.32 Å². The third-order valence-corrected chi connectivity index (χ3v) is 4.62. The lowest BCUT2D eigenvalue weighted by Crippen LogP contribution is -2.15. The highest BCUT2D eigenvalue weighted by Crippen LogP contribution is 2.28. The number of aromatic nitrogens is 4. The molecule has 4 rings (SSSR count). The Labute approximate surface area is 165 Å². The molecule has 0 atom stereocenters. The second-order valence-corrected chi connectivity index (χ2v) is 6.65. The minimum Gasteiger partial charge on any atom is -0.321 e. The van der Waals surface area contributed by atoms with Crippen LogP contribution >= 0.6 is 0 Å². The van der Waals surface area contributed by atoms with Crippen molar-refractivity contribution in [3.63, 3.8) is 0 Å². The van der Waals surface area contributed by atoms with Crippen molar-refractivity contribution >= 4 is 22.5 Å². The van der Waals surface area contributed by atoms with Crippen LogP contribution in [0.3, 0.4) is 0 Å². The first-order valence-corrected chi connectivity index (χ1v) is 8.79. The second-order valence-electron chi connectivity index (χ2n) is 6.65. The smallest absolute Gasteiger partial charge is 0.274 e. The molecular formula is C21H16N6O2. The molecule has 0 aliphatic carbocycles. The molecule has 0 aliphatic rings. The van der Waals surface area contributed by atoms with Crippen molar-refractivity contribution < 1.29 is 4.79 Å². The van der Waals surface area contributed by atoms with Gasteiger partial charge < -0.3 is 9.88 Å². The number of rotatable bonds is 3. The molecule has 0 saturated heterocycles. The number of hydrogen-bond donors (Lipinski definition) is 2. The summed E-state index contributed by atoms with van der Waals surface area (Å²) >= 11 is 0. The summed E-state index contributed by atoms with van der Waals surface area (Å²) in [5.74, 6) is -0.370. The van der Waals surface area contributed by atoms with E-state index in [2.05, 4.69) is 20.5 Å². The van der Waals surface area contributed by atoms with Crippen LogP contribution in [-0.4, -0.2) is 25.7 Å². The topological polar surface area (TPSA) is 116 Å². The van der Waals surface area contributed by atoms with E-state index in [1.165, 1.54) is 16.8 Å². The molecule has 8 nitrogen and oxygen atoms in total. The van der Waals surface area contributed by atoms with Crippen LogP contribution in [0.5, 0.6) is 0 Å². The van der Waals surface area contributed by atoms with Gasteiger partial charge in [0.1, 0.15) is 17.5 Å². The molecule has 0 spiro atoms. The van der Waals surface area contributed by atoms with E-state index < -0.39 is 0 Å². The standard InChI is InChI=1S/C21H16N6O2/c1-12-7-13(10-22)11-23-19(12)21(29)24-15-3-4-17-16(9-15)20(26-25-17)14-5-6-27(2)18(28)8-14/h3-9,11H,1-2H3,(H,24,29)(H,25,26). The second kappa shape index (κ2) is 7.05. The van der Waals surface area contributed by atoms with Gasteiger partial charge in [0.25, 0.3) is 11.5 Å². The van der Waals surface area contributed by atoms with E-state index in [0.29, 0.717) is 28.1 Å². The normalized spacial score (nSPS) is 10.7. The molecule has 3 heterocycles. The molecule has 1 aromatic carbocycles. The summed E-state index contributed by atoms with van der Waals surface area (Å²) in [6.45, 7) is 1.73. The Bertz CT molecular complexity index is 1360. The summed E-state index contributed by atoms with van der Waals surface area (Å²) in [6.07, 6.45) is 3.05. The number of carbonyl (C=O) groups is 1. The van der Waals surface area contributed by atoms with Crippen LogP contribution in [0.4, 0.5) is 5.69 Å². The number of pyridine rings is 2. The quantitative estimate of drug-likeness (QED) is 0.563. The predicted octanol–water partition coefficient (Wildman–Crippen LogP) is 2.76. The van der Waals surface area contributed by atoms with Gasteiger partial charge in [-0.05, 0) is 42.8 Å². The van der Waals surface area contributed by atoms with Crippen LogP contribution in [0.15, 0.2) is 53.6 Å². The first kappa shape index (κ1) is 18.1. The number of nitrogens with one attached hydrogen (secondary N) is 2. The molecule has 4 aromatic rings. The van der Waals surface area contributed by atoms with Crippen LogP contribution in [-0.2, 0) is 7.05 Å². The number of anilines is 1. The van der Waals surface area contributed by atoms with Crippen molar-refractivity contribution in [3.05, 3.63) is 76.0 Å². The number of amides is 1. The highest BCUT2D eigenvalue weighted by Gasteiger charge is 2.14. The fraction of sp³-hybridized carbons (Fsp3) is 0.0952. The number of hydrogen-bond acceptors (Lipinski definition) is 5. The van der Waals surface area contributed by atoms with Gasteiger partial charge in [-0.2, -0.15) is 10.4 Å². The molecule has 2 N–H and O–H groups in total. The van der Waals surface area contributed by atoms with Gasteiger partial charge in [0, 0.05) is 42.1 Å². The molecule has 8 heteroatoms. The lowest BCUT2D eigenvalue weighted by Gasteiger charge is -2.08. The zero-order valence-electron chi connectivity index (χ0n) is 15.7. The number of aryl methyl sites for hydroxylation is 2. The Morgan fingerprint density at radius 2 is 2.07 bits per heavy atom. The minimum absolute atomic E-state index is 0.134. The van der Waals surface area contributed by atoms with Crippen LogP contribution in [0.1, 0.15) is 21.6 Å². The Morgan fingerprint density at radius 1 is 1.24 bits per heavy atom. The van der Waals surface area contributed by atoms with E-state index in [0.717, 1.165) is 10.9 Å². The Balaban J connectivity index is 1.69. The number of aromatic amines is 1. The van der Waals surface area contributed by atoms with Crippen molar-refractivity contribution in [2.45, 2.75) is 6.92 Å². The van der Waals surface area contributed by atoms with Crippen LogP contribution < -0.4 is 10.9 Å². The van der Waals surface area contributed by atoms with Gasteiger partial charge in [0.2, 0.25) is 0 Å². The Hall–Kier alpha value is -4.25. The molecule has 0 fully saturated rings. The molecule has 1 amide bonds. The SMILES string of the molecule is Cc1cc(C#N)cnc1C(=O)Nc1ccc2[nH]nc(-c3ccn(C)c(=O)c3)c2c1. The van der Waals surface area contributed by atoms with Crippen LogP contribution in [0, 0.1) is 18.3 Å². The summed E-state index contributed by atoms with van der Waals surface area (Å²) in [7, 11) is 1.68. The maximum atomic E-state index is 12.6. The lowest BCUT2D eigenvalue weighted by atomic mass is 10.1. The highest BCUT2D eigenvalue weighted by molar-refractivity contribution is 6.05. The number of H-pyrrole nitrogens is 1. The Kier molecular flexibility index (Phi) is 4.41. The third-order valence-electron chi connectivity index (χ3n) is 4.62. The zero-order chi connectivity index (χ0) is 20.5. The molecule has 0 aliphatic heterocycles. The summed E-state index contributed by atoms with van der Waals surface area (Å²) in [6, 6.07) is 12.3. The summed E-state index contributed by atoms with van der Waals surface area (Å²) in [5.41, 5.74) is 3.80. The molecule has 0 bridgehead atoms. The average Bonchev–Trinajstić information content (AvgIpc) is 3.13. The van der Waals surface area contributed by atoms with Crippen molar-refractivity contribution in [2.24, 2.45) is 7.05 Å². The number of benzene rings is 1. The molecule has 0 unspecified atom stereocenters.